The molecule has 0 bridgehead atoms. The Labute approximate surface area is 159 Å². The van der Waals surface area contributed by atoms with E-state index in [-0.39, 0.29) is 0 Å². The van der Waals surface area contributed by atoms with Crippen LogP contribution in [0.1, 0.15) is 25.7 Å². The summed E-state index contributed by atoms with van der Waals surface area (Å²) in [5, 5.41) is 6.77. The van der Waals surface area contributed by atoms with Crippen molar-refractivity contribution in [3.63, 3.8) is 0 Å². The van der Waals surface area contributed by atoms with Gasteiger partial charge in [0.15, 0.2) is 0 Å². The standard InChI is InChI=1S/C19H26N6O2/c1-26-16-8-6-15(7-9-16)21-18-22-17(20-14-4-2-3-5-14)23-19(24-18)25-10-12-27-13-11-25/h6-9,14H,2-5,10-13H2,1H3,(H2,20,21,22,23,24). The highest BCUT2D eigenvalue weighted by atomic mass is 16.5. The Kier molecular flexibility index (Phi) is 5.53. The van der Waals surface area contributed by atoms with E-state index in [1.807, 2.05) is 24.3 Å². The molecule has 1 aliphatic heterocycles. The average molecular weight is 370 g/mol. The molecule has 2 aliphatic rings. The van der Waals surface area contributed by atoms with Crippen molar-refractivity contribution >= 4 is 23.5 Å². The molecule has 8 heteroatoms. The second-order valence-corrected chi connectivity index (χ2v) is 6.86. The predicted octanol–water partition coefficient (Wildman–Crippen LogP) is 2.81. The van der Waals surface area contributed by atoms with E-state index < -0.39 is 0 Å². The van der Waals surface area contributed by atoms with Crippen LogP contribution in [0.4, 0.5) is 23.5 Å². The van der Waals surface area contributed by atoms with E-state index >= 15 is 0 Å². The number of benzene rings is 1. The van der Waals surface area contributed by atoms with Crippen molar-refractivity contribution in [2.45, 2.75) is 31.7 Å². The Balaban J connectivity index is 1.57. The van der Waals surface area contributed by atoms with Crippen LogP contribution in [0.25, 0.3) is 0 Å². The number of aromatic nitrogens is 3. The maximum atomic E-state index is 5.45. The highest BCUT2D eigenvalue weighted by Crippen LogP contribution is 2.24. The van der Waals surface area contributed by atoms with E-state index in [0.717, 1.165) is 24.5 Å². The van der Waals surface area contributed by atoms with Gasteiger partial charge in [-0.25, -0.2) is 0 Å². The van der Waals surface area contributed by atoms with Gasteiger partial charge in [-0.05, 0) is 37.1 Å². The lowest BCUT2D eigenvalue weighted by atomic mass is 10.2. The minimum Gasteiger partial charge on any atom is -0.497 e. The molecule has 2 heterocycles. The smallest absolute Gasteiger partial charge is 0.233 e. The molecule has 144 valence electrons. The number of hydrogen-bond acceptors (Lipinski definition) is 8. The van der Waals surface area contributed by atoms with E-state index in [1.165, 1.54) is 25.7 Å². The monoisotopic (exact) mass is 370 g/mol. The summed E-state index contributed by atoms with van der Waals surface area (Å²) in [6, 6.07) is 8.15. The SMILES string of the molecule is COc1ccc(Nc2nc(NC3CCCC3)nc(N3CCOCC3)n2)cc1. The van der Waals surface area contributed by atoms with Crippen LogP contribution in [0.3, 0.4) is 0 Å². The number of morpholine rings is 1. The van der Waals surface area contributed by atoms with Gasteiger partial charge in [0.2, 0.25) is 17.8 Å². The Hall–Kier alpha value is -2.61. The highest BCUT2D eigenvalue weighted by molar-refractivity contribution is 5.57. The third kappa shape index (κ3) is 4.57. The van der Waals surface area contributed by atoms with Crippen LogP contribution in [0.2, 0.25) is 0 Å². The molecular formula is C19H26N6O2. The number of nitrogens with zero attached hydrogens (tertiary/aromatic N) is 4. The first-order chi connectivity index (χ1) is 13.3. The van der Waals surface area contributed by atoms with E-state index in [2.05, 4.69) is 30.5 Å². The zero-order valence-electron chi connectivity index (χ0n) is 15.6. The lowest BCUT2D eigenvalue weighted by Crippen LogP contribution is -2.37. The van der Waals surface area contributed by atoms with Gasteiger partial charge < -0.3 is 25.0 Å². The number of methoxy groups -OCH3 is 1. The molecule has 1 saturated heterocycles. The highest BCUT2D eigenvalue weighted by Gasteiger charge is 2.20. The Morgan fingerprint density at radius 2 is 1.70 bits per heavy atom. The largest absolute Gasteiger partial charge is 0.497 e. The quantitative estimate of drug-likeness (QED) is 0.803. The summed E-state index contributed by atoms with van der Waals surface area (Å²) < 4.78 is 10.7. The third-order valence-electron chi connectivity index (χ3n) is 4.95. The minimum absolute atomic E-state index is 0.443. The van der Waals surface area contributed by atoms with Crippen LogP contribution in [0.5, 0.6) is 5.75 Å². The van der Waals surface area contributed by atoms with E-state index in [1.54, 1.807) is 7.11 Å². The van der Waals surface area contributed by atoms with Crippen LogP contribution >= 0.6 is 0 Å². The van der Waals surface area contributed by atoms with Crippen molar-refractivity contribution < 1.29 is 9.47 Å². The van der Waals surface area contributed by atoms with Gasteiger partial charge in [0.1, 0.15) is 5.75 Å². The van der Waals surface area contributed by atoms with Crippen LogP contribution in [-0.2, 0) is 4.74 Å². The maximum Gasteiger partial charge on any atom is 0.233 e. The summed E-state index contributed by atoms with van der Waals surface area (Å²) in [6.45, 7) is 2.96. The maximum absolute atomic E-state index is 5.45. The predicted molar refractivity (Wildman–Crippen MR) is 105 cm³/mol. The topological polar surface area (TPSA) is 84.4 Å². The van der Waals surface area contributed by atoms with Gasteiger partial charge in [-0.2, -0.15) is 15.0 Å². The van der Waals surface area contributed by atoms with Crippen LogP contribution < -0.4 is 20.3 Å². The molecule has 0 spiro atoms. The molecular weight excluding hydrogens is 344 g/mol. The molecule has 2 fully saturated rings. The molecule has 1 aliphatic carbocycles. The number of nitrogens with one attached hydrogen (secondary N) is 2. The molecule has 4 rings (SSSR count). The second-order valence-electron chi connectivity index (χ2n) is 6.86. The minimum atomic E-state index is 0.443. The first-order valence-electron chi connectivity index (χ1n) is 9.56. The van der Waals surface area contributed by atoms with Crippen molar-refractivity contribution in [3.8, 4) is 5.75 Å². The molecule has 1 saturated carbocycles. The number of ether oxygens (including phenoxy) is 2. The molecule has 27 heavy (non-hydrogen) atoms. The normalized spacial score (nSPS) is 17.7. The Morgan fingerprint density at radius 1 is 1.00 bits per heavy atom. The Bertz CT molecular complexity index is 742. The fourth-order valence-corrected chi connectivity index (χ4v) is 3.45. The summed E-state index contributed by atoms with van der Waals surface area (Å²) in [6.07, 6.45) is 4.85. The zero-order chi connectivity index (χ0) is 18.5. The van der Waals surface area contributed by atoms with E-state index in [9.17, 15) is 0 Å². The zero-order valence-corrected chi connectivity index (χ0v) is 15.6. The molecule has 1 aromatic heterocycles. The average Bonchev–Trinajstić information content (AvgIpc) is 3.22. The molecule has 1 aromatic carbocycles. The molecule has 0 atom stereocenters. The molecule has 8 nitrogen and oxygen atoms in total. The van der Waals surface area contributed by atoms with Gasteiger partial charge in [-0.3, -0.25) is 0 Å². The summed E-state index contributed by atoms with van der Waals surface area (Å²) in [7, 11) is 1.66. The van der Waals surface area contributed by atoms with Crippen molar-refractivity contribution in [2.24, 2.45) is 0 Å². The first kappa shape index (κ1) is 17.8. The van der Waals surface area contributed by atoms with Crippen molar-refractivity contribution in [1.29, 1.82) is 0 Å². The number of rotatable bonds is 6. The van der Waals surface area contributed by atoms with Gasteiger partial charge >= 0.3 is 0 Å². The third-order valence-corrected chi connectivity index (χ3v) is 4.95. The Morgan fingerprint density at radius 3 is 2.41 bits per heavy atom. The summed E-state index contributed by atoms with van der Waals surface area (Å²) in [5.41, 5.74) is 0.904. The lowest BCUT2D eigenvalue weighted by Gasteiger charge is -2.27. The van der Waals surface area contributed by atoms with Crippen molar-refractivity contribution in [1.82, 2.24) is 15.0 Å². The lowest BCUT2D eigenvalue weighted by molar-refractivity contribution is 0.122. The van der Waals surface area contributed by atoms with Crippen molar-refractivity contribution in [3.05, 3.63) is 24.3 Å². The van der Waals surface area contributed by atoms with Crippen LogP contribution in [0, 0.1) is 0 Å². The first-order valence-corrected chi connectivity index (χ1v) is 9.56. The van der Waals surface area contributed by atoms with Gasteiger partial charge in [-0.1, -0.05) is 12.8 Å². The second kappa shape index (κ2) is 8.39. The molecule has 0 amide bonds. The molecule has 2 N–H and O–H groups in total. The summed E-state index contributed by atoms with van der Waals surface area (Å²) >= 11 is 0. The summed E-state index contributed by atoms with van der Waals surface area (Å²) in [5.74, 6) is 2.67. The van der Waals surface area contributed by atoms with Crippen LogP contribution in [0.15, 0.2) is 24.3 Å². The van der Waals surface area contributed by atoms with Gasteiger partial charge in [0.25, 0.3) is 0 Å². The van der Waals surface area contributed by atoms with Gasteiger partial charge in [0.05, 0.1) is 20.3 Å². The van der Waals surface area contributed by atoms with Crippen LogP contribution in [-0.4, -0.2) is 54.4 Å². The van der Waals surface area contributed by atoms with E-state index in [0.29, 0.717) is 37.1 Å². The number of hydrogen-bond donors (Lipinski definition) is 2. The fraction of sp³-hybridized carbons (Fsp3) is 0.526. The fourth-order valence-electron chi connectivity index (χ4n) is 3.45. The van der Waals surface area contributed by atoms with Gasteiger partial charge in [0, 0.05) is 24.8 Å². The molecule has 2 aromatic rings. The molecule has 0 unspecified atom stereocenters. The number of anilines is 4. The van der Waals surface area contributed by atoms with E-state index in [4.69, 9.17) is 9.47 Å². The van der Waals surface area contributed by atoms with Crippen molar-refractivity contribution in [2.75, 3.05) is 48.9 Å². The molecule has 0 radical (unpaired) electrons. The summed E-state index contributed by atoms with van der Waals surface area (Å²) in [4.78, 5) is 16.0. The van der Waals surface area contributed by atoms with Gasteiger partial charge in [-0.15, -0.1) is 0 Å².